The van der Waals surface area contributed by atoms with Crippen LogP contribution in [0.3, 0.4) is 0 Å². The number of amides is 3. The Balaban J connectivity index is 1.96. The van der Waals surface area contributed by atoms with Crippen LogP contribution >= 0.6 is 0 Å². The van der Waals surface area contributed by atoms with Gasteiger partial charge in [0.15, 0.2) is 0 Å². The van der Waals surface area contributed by atoms with Crippen LogP contribution < -0.4 is 16.0 Å². The molecule has 0 saturated heterocycles. The van der Waals surface area contributed by atoms with E-state index < -0.39 is 0 Å². The van der Waals surface area contributed by atoms with Crippen LogP contribution in [0.4, 0.5) is 5.69 Å². The number of nitrogens with one attached hydrogen (secondary N) is 3. The second-order valence-corrected chi connectivity index (χ2v) is 9.68. The number of carbonyl (C=O) groups excluding carboxylic acids is 3. The van der Waals surface area contributed by atoms with E-state index in [1.807, 2.05) is 31.2 Å². The number of carbonyl (C=O) groups is 3. The van der Waals surface area contributed by atoms with Crippen molar-refractivity contribution >= 4 is 23.4 Å². The molecule has 0 unspecified atom stereocenters. The lowest BCUT2D eigenvalue weighted by atomic mass is 9.94. The van der Waals surface area contributed by atoms with Gasteiger partial charge in [-0.25, -0.2) is 0 Å². The molecule has 2 aromatic rings. The predicted molar refractivity (Wildman–Crippen MR) is 128 cm³/mol. The Morgan fingerprint density at radius 2 is 1.59 bits per heavy atom. The highest BCUT2D eigenvalue weighted by Crippen LogP contribution is 2.33. The number of rotatable bonds is 7. The second-order valence-electron chi connectivity index (χ2n) is 9.68. The van der Waals surface area contributed by atoms with Crippen LogP contribution in [-0.4, -0.2) is 30.3 Å². The van der Waals surface area contributed by atoms with Crippen LogP contribution in [0.2, 0.25) is 0 Å². The summed E-state index contributed by atoms with van der Waals surface area (Å²) < 4.78 is 0. The van der Waals surface area contributed by atoms with Crippen LogP contribution in [0.5, 0.6) is 0 Å². The van der Waals surface area contributed by atoms with Gasteiger partial charge in [0.05, 0.1) is 0 Å². The largest absolute Gasteiger partial charge is 0.352 e. The van der Waals surface area contributed by atoms with Gasteiger partial charge in [0.1, 0.15) is 0 Å². The van der Waals surface area contributed by atoms with Crippen molar-refractivity contribution in [2.24, 2.45) is 5.41 Å². The summed E-state index contributed by atoms with van der Waals surface area (Å²) in [5.74, 6) is -0.419. The summed E-state index contributed by atoms with van der Waals surface area (Å²) in [6, 6.07) is 11.1. The van der Waals surface area contributed by atoms with Gasteiger partial charge in [-0.3, -0.25) is 14.4 Å². The van der Waals surface area contributed by atoms with Gasteiger partial charge in [0.2, 0.25) is 5.91 Å². The molecule has 0 aromatic heterocycles. The molecule has 170 valence electrons. The summed E-state index contributed by atoms with van der Waals surface area (Å²) in [4.78, 5) is 37.5. The van der Waals surface area contributed by atoms with E-state index in [1.165, 1.54) is 0 Å². The first-order chi connectivity index (χ1) is 15.1. The molecule has 0 heterocycles. The van der Waals surface area contributed by atoms with Crippen molar-refractivity contribution in [2.45, 2.75) is 59.9 Å². The van der Waals surface area contributed by atoms with E-state index >= 15 is 0 Å². The summed E-state index contributed by atoms with van der Waals surface area (Å²) in [5, 5.41) is 8.89. The van der Waals surface area contributed by atoms with Crippen molar-refractivity contribution in [1.82, 2.24) is 10.6 Å². The zero-order chi connectivity index (χ0) is 23.5. The molecule has 6 nitrogen and oxygen atoms in total. The minimum atomic E-state index is -0.187. The lowest BCUT2D eigenvalue weighted by Crippen LogP contribution is -2.32. The molecule has 0 radical (unpaired) electrons. The Bertz CT molecular complexity index is 1030. The minimum absolute atomic E-state index is 0.0343. The summed E-state index contributed by atoms with van der Waals surface area (Å²) >= 11 is 0. The molecule has 3 rings (SSSR count). The number of aryl methyl sites for hydroxylation is 1. The predicted octanol–water partition coefficient (Wildman–Crippen LogP) is 4.68. The Labute approximate surface area is 190 Å². The van der Waals surface area contributed by atoms with Crippen molar-refractivity contribution in [1.29, 1.82) is 0 Å². The molecule has 1 fully saturated rings. The maximum absolute atomic E-state index is 12.7. The quantitative estimate of drug-likeness (QED) is 0.590. The summed E-state index contributed by atoms with van der Waals surface area (Å²) in [6.45, 7) is 10.5. The van der Waals surface area contributed by atoms with E-state index in [4.69, 9.17) is 0 Å². The lowest BCUT2D eigenvalue weighted by molar-refractivity contribution is -0.115. The van der Waals surface area contributed by atoms with Crippen molar-refractivity contribution in [3.8, 4) is 11.1 Å². The van der Waals surface area contributed by atoms with Crippen molar-refractivity contribution in [2.75, 3.05) is 11.9 Å². The zero-order valence-corrected chi connectivity index (χ0v) is 19.6. The average Bonchev–Trinajstić information content (AvgIpc) is 3.55. The summed E-state index contributed by atoms with van der Waals surface area (Å²) in [5.41, 5.74) is 4.18. The second kappa shape index (κ2) is 9.55. The van der Waals surface area contributed by atoms with Gasteiger partial charge in [0, 0.05) is 41.4 Å². The van der Waals surface area contributed by atoms with Crippen molar-refractivity contribution in [3.05, 3.63) is 53.1 Å². The molecule has 0 spiro atoms. The highest BCUT2D eigenvalue weighted by atomic mass is 16.2. The fourth-order valence-corrected chi connectivity index (χ4v) is 3.26. The van der Waals surface area contributed by atoms with Gasteiger partial charge in [-0.2, -0.15) is 0 Å². The number of benzene rings is 2. The minimum Gasteiger partial charge on any atom is -0.352 e. The van der Waals surface area contributed by atoms with Crippen LogP contribution in [-0.2, 0) is 4.79 Å². The fraction of sp³-hybridized carbons (Fsp3) is 0.423. The van der Waals surface area contributed by atoms with Gasteiger partial charge >= 0.3 is 0 Å². The van der Waals surface area contributed by atoms with E-state index in [2.05, 4.69) is 36.7 Å². The third-order valence-electron chi connectivity index (χ3n) is 5.36. The van der Waals surface area contributed by atoms with Crippen LogP contribution in [0.25, 0.3) is 11.1 Å². The molecule has 0 bridgehead atoms. The van der Waals surface area contributed by atoms with Gasteiger partial charge in [-0.1, -0.05) is 39.8 Å². The first-order valence-corrected chi connectivity index (χ1v) is 11.2. The van der Waals surface area contributed by atoms with Crippen LogP contribution in [0.15, 0.2) is 36.4 Å². The topological polar surface area (TPSA) is 87.3 Å². The molecule has 32 heavy (non-hydrogen) atoms. The molecule has 3 amide bonds. The first kappa shape index (κ1) is 23.5. The molecule has 2 aromatic carbocycles. The highest BCUT2D eigenvalue weighted by molar-refractivity contribution is 6.02. The maximum atomic E-state index is 12.7. The Morgan fingerprint density at radius 3 is 2.22 bits per heavy atom. The first-order valence-electron chi connectivity index (χ1n) is 11.2. The van der Waals surface area contributed by atoms with Gasteiger partial charge in [-0.05, 0) is 60.6 Å². The number of hydrogen-bond donors (Lipinski definition) is 3. The normalized spacial score (nSPS) is 13.4. The van der Waals surface area contributed by atoms with Crippen molar-refractivity contribution in [3.63, 3.8) is 0 Å². The molecule has 0 aliphatic heterocycles. The lowest BCUT2D eigenvalue weighted by Gasteiger charge is -2.19. The van der Waals surface area contributed by atoms with E-state index in [0.717, 1.165) is 29.5 Å². The SMILES string of the molecule is CCC(=O)Nc1cc(C(=O)NCC(C)(C)C)ccc1-c1cc(C(=O)NC2CC2)ccc1C. The third-order valence-corrected chi connectivity index (χ3v) is 5.36. The number of anilines is 1. The highest BCUT2D eigenvalue weighted by Gasteiger charge is 2.24. The maximum Gasteiger partial charge on any atom is 0.251 e. The Morgan fingerprint density at radius 1 is 0.938 bits per heavy atom. The Kier molecular flexibility index (Phi) is 7.02. The summed E-state index contributed by atoms with van der Waals surface area (Å²) in [6.07, 6.45) is 2.37. The van der Waals surface area contributed by atoms with E-state index in [9.17, 15) is 14.4 Å². The fourth-order valence-electron chi connectivity index (χ4n) is 3.26. The van der Waals surface area contributed by atoms with E-state index in [0.29, 0.717) is 29.8 Å². The molecule has 1 saturated carbocycles. The Hall–Kier alpha value is -3.15. The molecular weight excluding hydrogens is 402 g/mol. The molecule has 3 N–H and O–H groups in total. The van der Waals surface area contributed by atoms with Gasteiger partial charge < -0.3 is 16.0 Å². The van der Waals surface area contributed by atoms with Crippen LogP contribution in [0, 0.1) is 12.3 Å². The molecular formula is C26H33N3O3. The molecule has 1 aliphatic carbocycles. The monoisotopic (exact) mass is 435 g/mol. The van der Waals surface area contributed by atoms with Gasteiger partial charge in [0.25, 0.3) is 11.8 Å². The van der Waals surface area contributed by atoms with E-state index in [-0.39, 0.29) is 29.2 Å². The van der Waals surface area contributed by atoms with E-state index in [1.54, 1.807) is 19.1 Å². The summed E-state index contributed by atoms with van der Waals surface area (Å²) in [7, 11) is 0. The van der Waals surface area contributed by atoms with Crippen molar-refractivity contribution < 1.29 is 14.4 Å². The average molecular weight is 436 g/mol. The van der Waals surface area contributed by atoms with Gasteiger partial charge in [-0.15, -0.1) is 0 Å². The third kappa shape index (κ3) is 6.19. The standard InChI is InChI=1S/C26H33N3O3/c1-6-23(30)29-22-14-18(24(31)27-15-26(3,4)5)9-12-20(22)21-13-17(8-7-16(21)2)25(32)28-19-10-11-19/h7-9,12-14,19H,6,10-11,15H2,1-5H3,(H,27,31)(H,28,32)(H,29,30). The molecule has 0 atom stereocenters. The smallest absolute Gasteiger partial charge is 0.251 e. The zero-order valence-electron chi connectivity index (χ0n) is 19.6. The molecule has 1 aliphatic rings. The molecule has 6 heteroatoms. The van der Waals surface area contributed by atoms with Crippen LogP contribution in [0.1, 0.15) is 73.2 Å². The number of hydrogen-bond acceptors (Lipinski definition) is 3.